The van der Waals surface area contributed by atoms with Gasteiger partial charge in [0.1, 0.15) is 6.04 Å². The Labute approximate surface area is 186 Å². The van der Waals surface area contributed by atoms with Crippen molar-refractivity contribution in [2.24, 2.45) is 0 Å². The fourth-order valence-corrected chi connectivity index (χ4v) is 2.99. The van der Waals surface area contributed by atoms with Gasteiger partial charge in [-0.2, -0.15) is 0 Å². The molecule has 2 amide bonds. The van der Waals surface area contributed by atoms with E-state index in [0.29, 0.717) is 15.6 Å². The first-order valence-electron chi connectivity index (χ1n) is 9.64. The molecule has 0 heterocycles. The van der Waals surface area contributed by atoms with Crippen LogP contribution in [0.15, 0.2) is 42.5 Å². The predicted molar refractivity (Wildman–Crippen MR) is 116 cm³/mol. The second kappa shape index (κ2) is 11.2. The summed E-state index contributed by atoms with van der Waals surface area (Å²) in [6, 6.07) is 10.0. The van der Waals surface area contributed by atoms with Gasteiger partial charge in [0, 0.05) is 12.6 Å². The zero-order chi connectivity index (χ0) is 22.3. The van der Waals surface area contributed by atoms with Gasteiger partial charge in [0.25, 0.3) is 5.91 Å². The number of carbonyl (C=O) groups excluding carboxylic acids is 2. The van der Waals surface area contributed by atoms with Crippen molar-refractivity contribution in [2.75, 3.05) is 6.61 Å². The Morgan fingerprint density at radius 3 is 2.47 bits per heavy atom. The molecular formula is C22H25Cl2FN2O3. The van der Waals surface area contributed by atoms with E-state index in [1.807, 2.05) is 13.8 Å². The fourth-order valence-electron chi connectivity index (χ4n) is 2.67. The highest BCUT2D eigenvalue weighted by Gasteiger charge is 2.27. The van der Waals surface area contributed by atoms with Crippen molar-refractivity contribution in [1.29, 1.82) is 0 Å². The van der Waals surface area contributed by atoms with Crippen LogP contribution in [0.25, 0.3) is 0 Å². The Hall–Kier alpha value is -2.31. The molecule has 2 rings (SSSR count). The molecule has 0 fully saturated rings. The Morgan fingerprint density at radius 2 is 1.83 bits per heavy atom. The van der Waals surface area contributed by atoms with Crippen molar-refractivity contribution < 1.29 is 18.7 Å². The van der Waals surface area contributed by atoms with Gasteiger partial charge in [-0.25, -0.2) is 4.39 Å². The molecule has 0 aliphatic rings. The van der Waals surface area contributed by atoms with Gasteiger partial charge in [-0.1, -0.05) is 48.3 Å². The first-order chi connectivity index (χ1) is 14.2. The first-order valence-corrected chi connectivity index (χ1v) is 10.4. The molecule has 2 aromatic carbocycles. The zero-order valence-corrected chi connectivity index (χ0v) is 18.6. The van der Waals surface area contributed by atoms with Crippen LogP contribution in [-0.2, 0) is 16.1 Å². The van der Waals surface area contributed by atoms with E-state index in [9.17, 15) is 14.0 Å². The smallest absolute Gasteiger partial charge is 0.261 e. The van der Waals surface area contributed by atoms with Gasteiger partial charge in [-0.15, -0.1) is 0 Å². The lowest BCUT2D eigenvalue weighted by Crippen LogP contribution is -2.50. The number of carbonyl (C=O) groups is 2. The lowest BCUT2D eigenvalue weighted by molar-refractivity contribution is -0.142. The zero-order valence-electron chi connectivity index (χ0n) is 17.1. The molecular weight excluding hydrogens is 430 g/mol. The van der Waals surface area contributed by atoms with Crippen LogP contribution in [0.4, 0.5) is 4.39 Å². The number of para-hydroxylation sites is 1. The number of hydrogen-bond donors (Lipinski definition) is 1. The van der Waals surface area contributed by atoms with E-state index in [1.54, 1.807) is 31.2 Å². The SMILES string of the molecule is CC[C@H](C)NC(=O)[C@@H](C)N(Cc1ccc(Cl)c(Cl)c1)C(=O)COc1ccccc1F. The summed E-state index contributed by atoms with van der Waals surface area (Å²) in [5.41, 5.74) is 0.701. The van der Waals surface area contributed by atoms with Crippen LogP contribution in [0, 0.1) is 5.82 Å². The monoisotopic (exact) mass is 454 g/mol. The molecule has 0 saturated heterocycles. The van der Waals surface area contributed by atoms with Crippen LogP contribution in [0.2, 0.25) is 10.0 Å². The number of nitrogens with one attached hydrogen (secondary N) is 1. The molecule has 8 heteroatoms. The Morgan fingerprint density at radius 1 is 1.13 bits per heavy atom. The third-order valence-electron chi connectivity index (χ3n) is 4.69. The minimum absolute atomic E-state index is 0.0305. The molecule has 5 nitrogen and oxygen atoms in total. The van der Waals surface area contributed by atoms with Crippen molar-refractivity contribution >= 4 is 35.0 Å². The number of rotatable bonds is 9. The number of nitrogens with zero attached hydrogens (tertiary/aromatic N) is 1. The molecule has 2 aromatic rings. The molecule has 0 aliphatic heterocycles. The molecule has 0 aromatic heterocycles. The van der Waals surface area contributed by atoms with Gasteiger partial charge in [0.05, 0.1) is 10.0 Å². The number of hydrogen-bond acceptors (Lipinski definition) is 3. The molecule has 0 unspecified atom stereocenters. The summed E-state index contributed by atoms with van der Waals surface area (Å²) in [6.07, 6.45) is 0.760. The number of halogens is 3. The van der Waals surface area contributed by atoms with E-state index in [2.05, 4.69) is 5.32 Å². The third kappa shape index (κ3) is 6.61. The maximum atomic E-state index is 13.8. The number of ether oxygens (including phenoxy) is 1. The Balaban J connectivity index is 2.20. The topological polar surface area (TPSA) is 58.6 Å². The van der Waals surface area contributed by atoms with Crippen LogP contribution in [0.1, 0.15) is 32.8 Å². The summed E-state index contributed by atoms with van der Waals surface area (Å²) >= 11 is 12.1. The van der Waals surface area contributed by atoms with Gasteiger partial charge < -0.3 is 15.0 Å². The summed E-state index contributed by atoms with van der Waals surface area (Å²) in [5.74, 6) is -1.35. The van der Waals surface area contributed by atoms with Crippen LogP contribution in [0.5, 0.6) is 5.75 Å². The van der Waals surface area contributed by atoms with Crippen LogP contribution >= 0.6 is 23.2 Å². The lowest BCUT2D eigenvalue weighted by Gasteiger charge is -2.29. The van der Waals surface area contributed by atoms with Gasteiger partial charge in [-0.05, 0) is 50.1 Å². The number of amides is 2. The molecule has 2 atom stereocenters. The fraction of sp³-hybridized carbons (Fsp3) is 0.364. The minimum atomic E-state index is -0.773. The van der Waals surface area contributed by atoms with Crippen molar-refractivity contribution in [1.82, 2.24) is 10.2 Å². The average Bonchev–Trinajstić information content (AvgIpc) is 2.73. The predicted octanol–water partition coefficient (Wildman–Crippen LogP) is 4.84. The highest BCUT2D eigenvalue weighted by Crippen LogP contribution is 2.24. The van der Waals surface area contributed by atoms with Crippen molar-refractivity contribution in [3.63, 3.8) is 0 Å². The maximum absolute atomic E-state index is 13.8. The molecule has 30 heavy (non-hydrogen) atoms. The standard InChI is InChI=1S/C22H25Cl2FN2O3/c1-4-14(2)26-22(29)15(3)27(12-16-9-10-17(23)18(24)11-16)21(28)13-30-20-8-6-5-7-19(20)25/h5-11,14-15H,4,12-13H2,1-3H3,(H,26,29)/t14-,15+/m0/s1. The summed E-state index contributed by atoms with van der Waals surface area (Å²) in [4.78, 5) is 26.9. The maximum Gasteiger partial charge on any atom is 0.261 e. The Kier molecular flexibility index (Phi) is 8.93. The molecule has 0 spiro atoms. The summed E-state index contributed by atoms with van der Waals surface area (Å²) in [5, 5.41) is 3.61. The van der Waals surface area contributed by atoms with Gasteiger partial charge in [0.2, 0.25) is 5.91 Å². The molecule has 1 N–H and O–H groups in total. The highest BCUT2D eigenvalue weighted by molar-refractivity contribution is 6.42. The lowest BCUT2D eigenvalue weighted by atomic mass is 10.1. The molecule has 162 valence electrons. The van der Waals surface area contributed by atoms with Crippen molar-refractivity contribution in [2.45, 2.75) is 45.8 Å². The van der Waals surface area contributed by atoms with Crippen LogP contribution in [0.3, 0.4) is 0 Å². The highest BCUT2D eigenvalue weighted by atomic mass is 35.5. The van der Waals surface area contributed by atoms with E-state index >= 15 is 0 Å². The summed E-state index contributed by atoms with van der Waals surface area (Å²) < 4.78 is 19.1. The number of benzene rings is 2. The third-order valence-corrected chi connectivity index (χ3v) is 5.43. The van der Waals surface area contributed by atoms with E-state index in [4.69, 9.17) is 27.9 Å². The molecule has 0 radical (unpaired) electrons. The largest absolute Gasteiger partial charge is 0.481 e. The molecule has 0 aliphatic carbocycles. The second-order valence-corrected chi connectivity index (χ2v) is 7.80. The van der Waals surface area contributed by atoms with Crippen molar-refractivity contribution in [3.05, 3.63) is 63.9 Å². The van der Waals surface area contributed by atoms with E-state index in [0.717, 1.165) is 6.42 Å². The normalized spacial score (nSPS) is 12.7. The first kappa shape index (κ1) is 24.0. The van der Waals surface area contributed by atoms with Crippen LogP contribution in [-0.4, -0.2) is 35.4 Å². The Bertz CT molecular complexity index is 894. The van der Waals surface area contributed by atoms with Gasteiger partial charge >= 0.3 is 0 Å². The van der Waals surface area contributed by atoms with Crippen molar-refractivity contribution in [3.8, 4) is 5.75 Å². The molecule has 0 bridgehead atoms. The van der Waals surface area contributed by atoms with E-state index < -0.39 is 24.4 Å². The van der Waals surface area contributed by atoms with Crippen LogP contribution < -0.4 is 10.1 Å². The quantitative estimate of drug-likeness (QED) is 0.589. The second-order valence-electron chi connectivity index (χ2n) is 6.98. The minimum Gasteiger partial charge on any atom is -0.481 e. The van der Waals surface area contributed by atoms with E-state index in [1.165, 1.54) is 23.1 Å². The molecule has 0 saturated carbocycles. The summed E-state index contributed by atoms with van der Waals surface area (Å²) in [7, 11) is 0. The van der Waals surface area contributed by atoms with Gasteiger partial charge in [-0.3, -0.25) is 9.59 Å². The summed E-state index contributed by atoms with van der Waals surface area (Å²) in [6.45, 7) is 5.18. The van der Waals surface area contributed by atoms with E-state index in [-0.39, 0.29) is 24.2 Å². The van der Waals surface area contributed by atoms with Gasteiger partial charge in [0.15, 0.2) is 18.2 Å². The average molecular weight is 455 g/mol.